The number of benzene rings is 4. The summed E-state index contributed by atoms with van der Waals surface area (Å²) in [6.45, 7) is 3.16. The van der Waals surface area contributed by atoms with Crippen LogP contribution in [0.1, 0.15) is 115 Å². The molecule has 0 amide bonds. The molecule has 0 aromatic heterocycles. The van der Waals surface area contributed by atoms with Gasteiger partial charge in [-0.15, -0.1) is 0 Å². The molecule has 0 radical (unpaired) electrons. The van der Waals surface area contributed by atoms with E-state index in [1.807, 2.05) is 12.1 Å². The fraction of sp³-hybridized carbons (Fsp3) is 0.455. The van der Waals surface area contributed by atoms with Crippen molar-refractivity contribution in [2.24, 2.45) is 5.92 Å². The number of rotatable bonds is 19. The molecule has 1 fully saturated rings. The lowest BCUT2D eigenvalue weighted by Crippen LogP contribution is -2.13. The smallest absolute Gasteiger partial charge is 0.201 e. The van der Waals surface area contributed by atoms with Crippen LogP contribution >= 0.6 is 0 Å². The molecule has 0 heterocycles. The lowest BCUT2D eigenvalue weighted by Gasteiger charge is -2.28. The molecule has 0 bridgehead atoms. The molecular formula is C44H52F4O2. The molecule has 268 valence electrons. The summed E-state index contributed by atoms with van der Waals surface area (Å²) in [5.74, 6) is -0.613. The van der Waals surface area contributed by atoms with Crippen LogP contribution in [0.4, 0.5) is 17.6 Å². The summed E-state index contributed by atoms with van der Waals surface area (Å²) in [5, 5.41) is 0. The van der Waals surface area contributed by atoms with E-state index in [1.165, 1.54) is 62.3 Å². The van der Waals surface area contributed by atoms with Gasteiger partial charge in [-0.25, -0.2) is 13.2 Å². The van der Waals surface area contributed by atoms with Crippen molar-refractivity contribution >= 4 is 0 Å². The number of halogens is 4. The summed E-state index contributed by atoms with van der Waals surface area (Å²) in [6.07, 6.45) is 16.9. The SMILES string of the molecule is CCCC1CCC(c2ccc(-c3ccc(OCCCCCCCCCCCOc4ccc(-c5ccc(F)cc5)c(F)c4)c(F)c3F)cc2)CC1. The van der Waals surface area contributed by atoms with Crippen molar-refractivity contribution in [2.45, 2.75) is 109 Å². The molecule has 2 nitrogen and oxygen atoms in total. The molecule has 0 spiro atoms. The van der Waals surface area contributed by atoms with Gasteiger partial charge in [-0.3, -0.25) is 0 Å². The first kappa shape index (κ1) is 37.5. The van der Waals surface area contributed by atoms with Gasteiger partial charge in [0.15, 0.2) is 11.6 Å². The molecule has 6 heteroatoms. The Balaban J connectivity index is 0.904. The second-order valence-electron chi connectivity index (χ2n) is 13.9. The van der Waals surface area contributed by atoms with Crippen LogP contribution in [0.3, 0.4) is 0 Å². The summed E-state index contributed by atoms with van der Waals surface area (Å²) < 4.78 is 69.0. The first-order valence-electron chi connectivity index (χ1n) is 18.8. The van der Waals surface area contributed by atoms with Crippen LogP contribution in [0, 0.1) is 29.2 Å². The van der Waals surface area contributed by atoms with Gasteiger partial charge >= 0.3 is 0 Å². The van der Waals surface area contributed by atoms with Gasteiger partial charge in [0.1, 0.15) is 17.4 Å². The molecule has 0 N–H and O–H groups in total. The van der Waals surface area contributed by atoms with Crippen molar-refractivity contribution in [3.63, 3.8) is 0 Å². The predicted molar refractivity (Wildman–Crippen MR) is 196 cm³/mol. The first-order chi connectivity index (χ1) is 24.4. The lowest BCUT2D eigenvalue weighted by atomic mass is 9.77. The molecule has 4 aromatic carbocycles. The van der Waals surface area contributed by atoms with Crippen LogP contribution < -0.4 is 9.47 Å². The van der Waals surface area contributed by atoms with Crippen LogP contribution in [0.15, 0.2) is 78.9 Å². The molecular weight excluding hydrogens is 636 g/mol. The lowest BCUT2D eigenvalue weighted by molar-refractivity contribution is 0.285. The second-order valence-corrected chi connectivity index (χ2v) is 13.9. The molecule has 1 aliphatic rings. The normalized spacial score (nSPS) is 16.0. The van der Waals surface area contributed by atoms with Crippen LogP contribution in [0.2, 0.25) is 0 Å². The highest BCUT2D eigenvalue weighted by molar-refractivity contribution is 5.66. The van der Waals surface area contributed by atoms with E-state index in [1.54, 1.807) is 36.4 Å². The maximum Gasteiger partial charge on any atom is 0.201 e. The average Bonchev–Trinajstić information content (AvgIpc) is 3.13. The molecule has 4 aromatic rings. The summed E-state index contributed by atoms with van der Waals surface area (Å²) in [6, 6.07) is 21.7. The van der Waals surface area contributed by atoms with Gasteiger partial charge < -0.3 is 9.47 Å². The van der Waals surface area contributed by atoms with Crippen LogP contribution in [-0.4, -0.2) is 13.2 Å². The van der Waals surface area contributed by atoms with E-state index in [-0.39, 0.29) is 22.9 Å². The van der Waals surface area contributed by atoms with E-state index in [0.717, 1.165) is 63.7 Å². The molecule has 0 atom stereocenters. The Bertz CT molecular complexity index is 1590. The largest absolute Gasteiger partial charge is 0.493 e. The standard InChI is InChI=1S/C44H52F4O2/c1-2-12-32-13-15-33(16-14-32)34-17-19-36(20-18-34)40-27-28-42(44(48)43(40)47)50-30-11-9-7-5-3-4-6-8-10-29-49-38-25-26-39(41(46)31-38)35-21-23-37(45)24-22-35/h17-28,31-33H,2-16,29-30H2,1H3. The highest BCUT2D eigenvalue weighted by Gasteiger charge is 2.22. The number of ether oxygens (including phenoxy) is 2. The Kier molecular flexibility index (Phi) is 14.6. The van der Waals surface area contributed by atoms with Crippen LogP contribution in [0.5, 0.6) is 11.5 Å². The zero-order valence-corrected chi connectivity index (χ0v) is 29.5. The monoisotopic (exact) mass is 688 g/mol. The maximum absolute atomic E-state index is 15.0. The van der Waals surface area contributed by atoms with Gasteiger partial charge in [-0.05, 0) is 103 Å². The third kappa shape index (κ3) is 10.8. The van der Waals surface area contributed by atoms with E-state index in [4.69, 9.17) is 9.47 Å². The first-order valence-corrected chi connectivity index (χ1v) is 18.8. The van der Waals surface area contributed by atoms with Crippen LogP contribution in [0.25, 0.3) is 22.3 Å². The summed E-state index contributed by atoms with van der Waals surface area (Å²) in [4.78, 5) is 0. The Morgan fingerprint density at radius 3 is 1.74 bits per heavy atom. The molecule has 1 aliphatic carbocycles. The quantitative estimate of drug-likeness (QED) is 0.0721. The van der Waals surface area contributed by atoms with Crippen molar-refractivity contribution < 1.29 is 27.0 Å². The minimum Gasteiger partial charge on any atom is -0.493 e. The Morgan fingerprint density at radius 1 is 0.560 bits per heavy atom. The molecule has 50 heavy (non-hydrogen) atoms. The zero-order chi connectivity index (χ0) is 35.1. The molecule has 1 saturated carbocycles. The van der Waals surface area contributed by atoms with Crippen LogP contribution in [-0.2, 0) is 0 Å². The predicted octanol–water partition coefficient (Wildman–Crippen LogP) is 13.6. The minimum atomic E-state index is -0.918. The van der Waals surface area contributed by atoms with Gasteiger partial charge in [-0.2, -0.15) is 4.39 Å². The fourth-order valence-corrected chi connectivity index (χ4v) is 7.26. The van der Waals surface area contributed by atoms with Gasteiger partial charge in [-0.1, -0.05) is 101 Å². The number of hydrogen-bond acceptors (Lipinski definition) is 2. The van der Waals surface area contributed by atoms with E-state index in [2.05, 4.69) is 19.1 Å². The van der Waals surface area contributed by atoms with Gasteiger partial charge in [0.25, 0.3) is 0 Å². The topological polar surface area (TPSA) is 18.5 Å². The average molecular weight is 689 g/mol. The Labute approximate surface area is 296 Å². The van der Waals surface area contributed by atoms with E-state index < -0.39 is 11.6 Å². The molecule has 0 saturated heterocycles. The van der Waals surface area contributed by atoms with E-state index in [9.17, 15) is 13.2 Å². The second kappa shape index (κ2) is 19.6. The number of unbranched alkanes of at least 4 members (excludes halogenated alkanes) is 8. The minimum absolute atomic E-state index is 0.0252. The third-order valence-electron chi connectivity index (χ3n) is 10.2. The Hall–Kier alpha value is -3.80. The van der Waals surface area contributed by atoms with Crippen molar-refractivity contribution in [2.75, 3.05) is 13.2 Å². The van der Waals surface area contributed by atoms with Crippen molar-refractivity contribution in [1.82, 2.24) is 0 Å². The molecule has 0 aliphatic heterocycles. The van der Waals surface area contributed by atoms with Gasteiger partial charge in [0.2, 0.25) is 5.82 Å². The molecule has 5 rings (SSSR count). The third-order valence-corrected chi connectivity index (χ3v) is 10.2. The molecule has 0 unspecified atom stereocenters. The maximum atomic E-state index is 15.0. The van der Waals surface area contributed by atoms with E-state index in [0.29, 0.717) is 41.6 Å². The summed E-state index contributed by atoms with van der Waals surface area (Å²) >= 11 is 0. The van der Waals surface area contributed by atoms with Crippen molar-refractivity contribution in [1.29, 1.82) is 0 Å². The summed E-state index contributed by atoms with van der Waals surface area (Å²) in [7, 11) is 0. The highest BCUT2D eigenvalue weighted by atomic mass is 19.2. The van der Waals surface area contributed by atoms with Crippen molar-refractivity contribution in [3.05, 3.63) is 108 Å². The number of hydrogen-bond donors (Lipinski definition) is 0. The van der Waals surface area contributed by atoms with E-state index >= 15 is 4.39 Å². The Morgan fingerprint density at radius 2 is 1.12 bits per heavy atom. The van der Waals surface area contributed by atoms with Gasteiger partial charge in [0.05, 0.1) is 13.2 Å². The zero-order valence-electron chi connectivity index (χ0n) is 29.5. The van der Waals surface area contributed by atoms with Gasteiger partial charge in [0, 0.05) is 17.2 Å². The fourth-order valence-electron chi connectivity index (χ4n) is 7.26. The highest BCUT2D eigenvalue weighted by Crippen LogP contribution is 2.38. The van der Waals surface area contributed by atoms with Crippen molar-refractivity contribution in [3.8, 4) is 33.8 Å². The summed E-state index contributed by atoms with van der Waals surface area (Å²) in [5.41, 5.74) is 3.31.